The molecule has 0 saturated carbocycles. The Labute approximate surface area is 160 Å². The summed E-state index contributed by atoms with van der Waals surface area (Å²) in [6, 6.07) is 11.0. The van der Waals surface area contributed by atoms with Crippen LogP contribution in [0.3, 0.4) is 0 Å². The molecule has 2 aromatic carbocycles. The zero-order valence-corrected chi connectivity index (χ0v) is 15.5. The zero-order chi connectivity index (χ0) is 20.0. The second kappa shape index (κ2) is 9.00. The van der Waals surface area contributed by atoms with E-state index in [1.807, 2.05) is 0 Å². The van der Waals surface area contributed by atoms with Crippen molar-refractivity contribution in [1.29, 1.82) is 0 Å². The average Bonchev–Trinajstić information content (AvgIpc) is 2.61. The normalized spacial score (nSPS) is 10.2. The Hall–Kier alpha value is -3.13. The van der Waals surface area contributed by atoms with Gasteiger partial charge in [0, 0.05) is 18.7 Å². The molecule has 0 fully saturated rings. The maximum absolute atomic E-state index is 12.1. The average molecular weight is 392 g/mol. The quantitative estimate of drug-likeness (QED) is 0.577. The largest absolute Gasteiger partial charge is 0.484 e. The highest BCUT2D eigenvalue weighted by molar-refractivity contribution is 6.33. The lowest BCUT2D eigenvalue weighted by Crippen LogP contribution is -2.37. The van der Waals surface area contributed by atoms with Crippen LogP contribution in [0, 0.1) is 17.0 Å². The molecule has 0 aliphatic heterocycles. The van der Waals surface area contributed by atoms with Gasteiger partial charge in [-0.2, -0.15) is 0 Å². The van der Waals surface area contributed by atoms with Crippen LogP contribution in [-0.4, -0.2) is 41.8 Å². The maximum atomic E-state index is 12.1. The van der Waals surface area contributed by atoms with E-state index in [0.29, 0.717) is 22.0 Å². The molecule has 0 atom stereocenters. The van der Waals surface area contributed by atoms with E-state index in [0.717, 1.165) is 0 Å². The Kier molecular flexibility index (Phi) is 6.73. The third-order valence-electron chi connectivity index (χ3n) is 3.68. The van der Waals surface area contributed by atoms with Gasteiger partial charge in [-0.15, -0.1) is 0 Å². The summed E-state index contributed by atoms with van der Waals surface area (Å²) in [4.78, 5) is 35.7. The molecule has 0 heterocycles. The van der Waals surface area contributed by atoms with Gasteiger partial charge in [-0.25, -0.2) is 0 Å². The highest BCUT2D eigenvalue weighted by atomic mass is 35.5. The highest BCUT2D eigenvalue weighted by Crippen LogP contribution is 2.23. The van der Waals surface area contributed by atoms with Crippen molar-refractivity contribution in [1.82, 2.24) is 4.90 Å². The Bertz CT molecular complexity index is 872. The number of carbonyl (C=O) groups excluding carboxylic acids is 2. The van der Waals surface area contributed by atoms with E-state index >= 15 is 0 Å². The summed E-state index contributed by atoms with van der Waals surface area (Å²) in [6.07, 6.45) is 0. The summed E-state index contributed by atoms with van der Waals surface area (Å²) in [5.74, 6) is -0.481. The lowest BCUT2D eigenvalue weighted by Gasteiger charge is -2.17. The van der Waals surface area contributed by atoms with Crippen molar-refractivity contribution < 1.29 is 19.2 Å². The summed E-state index contributed by atoms with van der Waals surface area (Å²) in [5, 5.41) is 13.8. The number of nitrogens with zero attached hydrogens (tertiary/aromatic N) is 2. The van der Waals surface area contributed by atoms with Gasteiger partial charge in [-0.05, 0) is 31.2 Å². The molecule has 2 rings (SSSR count). The smallest absolute Gasteiger partial charge is 0.272 e. The highest BCUT2D eigenvalue weighted by Gasteiger charge is 2.16. The van der Waals surface area contributed by atoms with Crippen molar-refractivity contribution in [3.63, 3.8) is 0 Å². The maximum Gasteiger partial charge on any atom is 0.272 e. The van der Waals surface area contributed by atoms with E-state index in [1.54, 1.807) is 31.2 Å². The standard InChI is InChI=1S/C18H18ClN3O5/c1-12-9-13(7-8-16(12)22(25)26)27-11-18(24)21(2)10-17(23)20-15-6-4-3-5-14(15)19/h3-9H,10-11H2,1-2H3,(H,20,23). The molecule has 9 heteroatoms. The van der Waals surface area contributed by atoms with E-state index < -0.39 is 16.7 Å². The van der Waals surface area contributed by atoms with Crippen LogP contribution in [0.2, 0.25) is 5.02 Å². The number of benzene rings is 2. The summed E-state index contributed by atoms with van der Waals surface area (Å²) < 4.78 is 5.36. The van der Waals surface area contributed by atoms with E-state index in [1.165, 1.54) is 30.1 Å². The molecule has 2 aromatic rings. The Morgan fingerprint density at radius 3 is 2.59 bits per heavy atom. The predicted octanol–water partition coefficient (Wildman–Crippen LogP) is 3.03. The molecular weight excluding hydrogens is 374 g/mol. The monoisotopic (exact) mass is 391 g/mol. The molecule has 1 N–H and O–H groups in total. The number of likely N-dealkylation sites (N-methyl/N-ethyl adjacent to an activating group) is 1. The molecule has 2 amide bonds. The molecule has 0 bridgehead atoms. The van der Waals surface area contributed by atoms with Gasteiger partial charge < -0.3 is 15.0 Å². The first-order valence-corrected chi connectivity index (χ1v) is 8.32. The number of halogens is 1. The molecule has 0 aliphatic rings. The van der Waals surface area contributed by atoms with E-state index in [-0.39, 0.29) is 18.8 Å². The number of nitrogens with one attached hydrogen (secondary N) is 1. The minimum Gasteiger partial charge on any atom is -0.484 e. The van der Waals surface area contributed by atoms with Gasteiger partial charge in [0.25, 0.3) is 11.6 Å². The molecule has 0 unspecified atom stereocenters. The van der Waals surface area contributed by atoms with Gasteiger partial charge in [0.15, 0.2) is 6.61 Å². The predicted molar refractivity (Wildman–Crippen MR) is 101 cm³/mol. The summed E-state index contributed by atoms with van der Waals surface area (Å²) in [7, 11) is 1.47. The van der Waals surface area contributed by atoms with Gasteiger partial charge in [0.05, 0.1) is 22.2 Å². The van der Waals surface area contributed by atoms with Crippen molar-refractivity contribution in [2.24, 2.45) is 0 Å². The number of para-hydroxylation sites is 1. The van der Waals surface area contributed by atoms with Crippen molar-refractivity contribution in [3.05, 3.63) is 63.2 Å². The Morgan fingerprint density at radius 1 is 1.26 bits per heavy atom. The number of ether oxygens (including phenoxy) is 1. The minimum atomic E-state index is -0.490. The van der Waals surface area contributed by atoms with Crippen molar-refractivity contribution >= 4 is 34.8 Å². The van der Waals surface area contributed by atoms with Crippen molar-refractivity contribution in [2.45, 2.75) is 6.92 Å². The summed E-state index contributed by atoms with van der Waals surface area (Å²) in [5.41, 5.74) is 0.863. The third kappa shape index (κ3) is 5.68. The molecule has 0 aliphatic carbocycles. The first-order chi connectivity index (χ1) is 12.8. The topological polar surface area (TPSA) is 102 Å². The fourth-order valence-electron chi connectivity index (χ4n) is 2.23. The number of anilines is 1. The molecule has 0 saturated heterocycles. The SMILES string of the molecule is Cc1cc(OCC(=O)N(C)CC(=O)Nc2ccccc2Cl)ccc1[N+](=O)[O-]. The number of amides is 2. The first-order valence-electron chi connectivity index (χ1n) is 7.94. The van der Waals surface area contributed by atoms with Crippen LogP contribution < -0.4 is 10.1 Å². The number of hydrogen-bond donors (Lipinski definition) is 1. The van der Waals surface area contributed by atoms with Gasteiger partial charge in [0.1, 0.15) is 5.75 Å². The van der Waals surface area contributed by atoms with E-state index in [9.17, 15) is 19.7 Å². The molecule has 0 aromatic heterocycles. The fraction of sp³-hybridized carbons (Fsp3) is 0.222. The van der Waals surface area contributed by atoms with Crippen LogP contribution in [-0.2, 0) is 9.59 Å². The summed E-state index contributed by atoms with van der Waals surface area (Å²) in [6.45, 7) is 1.11. The zero-order valence-electron chi connectivity index (χ0n) is 14.8. The summed E-state index contributed by atoms with van der Waals surface area (Å²) >= 11 is 5.97. The molecule has 27 heavy (non-hydrogen) atoms. The van der Waals surface area contributed by atoms with Crippen LogP contribution in [0.25, 0.3) is 0 Å². The van der Waals surface area contributed by atoms with Crippen LogP contribution >= 0.6 is 11.6 Å². The second-order valence-electron chi connectivity index (χ2n) is 5.77. The van der Waals surface area contributed by atoms with Crippen molar-refractivity contribution in [3.8, 4) is 5.75 Å². The number of nitro groups is 1. The van der Waals surface area contributed by atoms with Crippen molar-refractivity contribution in [2.75, 3.05) is 25.5 Å². The Morgan fingerprint density at radius 2 is 1.96 bits per heavy atom. The fourth-order valence-corrected chi connectivity index (χ4v) is 2.42. The molecule has 0 spiro atoms. The lowest BCUT2D eigenvalue weighted by molar-refractivity contribution is -0.385. The molecule has 0 radical (unpaired) electrons. The van der Waals surface area contributed by atoms with Gasteiger partial charge in [0.2, 0.25) is 5.91 Å². The number of nitro benzene ring substituents is 1. The van der Waals surface area contributed by atoms with Crippen LogP contribution in [0.5, 0.6) is 5.75 Å². The number of aryl methyl sites for hydroxylation is 1. The number of carbonyl (C=O) groups is 2. The third-order valence-corrected chi connectivity index (χ3v) is 4.01. The number of hydrogen-bond acceptors (Lipinski definition) is 5. The van der Waals surface area contributed by atoms with Crippen LogP contribution in [0.4, 0.5) is 11.4 Å². The molecule has 8 nitrogen and oxygen atoms in total. The minimum absolute atomic E-state index is 0.0259. The Balaban J connectivity index is 1.86. The molecular formula is C18H18ClN3O5. The lowest BCUT2D eigenvalue weighted by atomic mass is 10.2. The van der Waals surface area contributed by atoms with E-state index in [2.05, 4.69) is 5.32 Å². The van der Waals surface area contributed by atoms with Gasteiger partial charge in [-0.1, -0.05) is 23.7 Å². The van der Waals surface area contributed by atoms with E-state index in [4.69, 9.17) is 16.3 Å². The second-order valence-corrected chi connectivity index (χ2v) is 6.18. The van der Waals surface area contributed by atoms with Crippen LogP contribution in [0.1, 0.15) is 5.56 Å². The van der Waals surface area contributed by atoms with Gasteiger partial charge in [-0.3, -0.25) is 19.7 Å². The first kappa shape index (κ1) is 20.2. The van der Waals surface area contributed by atoms with Crippen LogP contribution in [0.15, 0.2) is 42.5 Å². The number of rotatable bonds is 7. The van der Waals surface area contributed by atoms with Gasteiger partial charge >= 0.3 is 0 Å². The molecule has 142 valence electrons.